The summed E-state index contributed by atoms with van der Waals surface area (Å²) in [6.45, 7) is 11.2. The molecule has 0 atom stereocenters. The Hall–Kier alpha value is -8.75. The molecule has 0 saturated carbocycles. The fourth-order valence-electron chi connectivity index (χ4n) is 7.13. The summed E-state index contributed by atoms with van der Waals surface area (Å²) in [4.78, 5) is 67.3. The number of fused-ring (bicyclic) bond motifs is 10. The van der Waals surface area contributed by atoms with Gasteiger partial charge in [-0.1, -0.05) is 126 Å². The van der Waals surface area contributed by atoms with E-state index in [9.17, 15) is 24.0 Å². The van der Waals surface area contributed by atoms with Crippen molar-refractivity contribution in [2.75, 3.05) is 33.0 Å². The highest BCUT2D eigenvalue weighted by atomic mass is 16.5. The van der Waals surface area contributed by atoms with Gasteiger partial charge in [0.2, 0.25) is 0 Å². The van der Waals surface area contributed by atoms with Crippen molar-refractivity contribution in [2.24, 2.45) is 0 Å². The van der Waals surface area contributed by atoms with Gasteiger partial charge in [0.05, 0.1) is 60.9 Å². The van der Waals surface area contributed by atoms with Crippen LogP contribution in [0.5, 0.6) is 0 Å². The molecule has 0 fully saturated rings. The molecule has 1 aliphatic rings. The third-order valence-corrected chi connectivity index (χ3v) is 11.3. The zero-order valence-electron chi connectivity index (χ0n) is 43.3. The summed E-state index contributed by atoms with van der Waals surface area (Å²) in [5.74, 6) is 28.8. The monoisotopic (exact) mass is 1000 g/mol. The van der Waals surface area contributed by atoms with Crippen molar-refractivity contribution in [2.45, 2.75) is 98.8 Å². The van der Waals surface area contributed by atoms with E-state index in [-0.39, 0.29) is 60.9 Å². The number of carbonyl (C=O) groups is 5. The van der Waals surface area contributed by atoms with Gasteiger partial charge < -0.3 is 23.7 Å². The van der Waals surface area contributed by atoms with Crippen molar-refractivity contribution in [1.82, 2.24) is 0 Å². The van der Waals surface area contributed by atoms with Crippen molar-refractivity contribution in [1.29, 1.82) is 0 Å². The van der Waals surface area contributed by atoms with E-state index in [0.717, 1.165) is 32.1 Å². The summed E-state index contributed by atoms with van der Waals surface area (Å²) >= 11 is 0. The maximum Gasteiger partial charge on any atom is 0.338 e. The lowest BCUT2D eigenvalue weighted by Crippen LogP contribution is -2.07. The van der Waals surface area contributed by atoms with Gasteiger partial charge in [-0.2, -0.15) is 0 Å². The second-order valence-electron chi connectivity index (χ2n) is 17.7. The van der Waals surface area contributed by atoms with Gasteiger partial charge in [0, 0.05) is 55.6 Å². The Morgan fingerprint density at radius 2 is 0.387 bits per heavy atom. The summed E-state index contributed by atoms with van der Waals surface area (Å²) in [6, 6.07) is 24.9. The topological polar surface area (TPSA) is 132 Å². The third-order valence-electron chi connectivity index (χ3n) is 11.3. The lowest BCUT2D eigenvalue weighted by Gasteiger charge is -2.06. The molecule has 0 aliphatic heterocycles. The van der Waals surface area contributed by atoms with Crippen LogP contribution in [0.2, 0.25) is 0 Å². The average Bonchev–Trinajstić information content (AvgIpc) is 3.42. The molecule has 10 bridgehead atoms. The van der Waals surface area contributed by atoms with E-state index in [2.05, 4.69) is 59.2 Å². The van der Waals surface area contributed by atoms with Crippen LogP contribution in [0.25, 0.3) is 0 Å². The Labute approximate surface area is 441 Å². The maximum atomic E-state index is 13.5. The number of hydrogen-bond acceptors (Lipinski definition) is 10. The number of esters is 5. The van der Waals surface area contributed by atoms with Gasteiger partial charge in [0.25, 0.3) is 0 Å². The SMILES string of the molecule is CCCCOC(=O)c1cc2cc(c1)C#Cc1cc(cc(C(=O)OCCCC)c1)C#Cc1cc(cc(C(=O)OCCCC)c1)C#Cc1cc(cc(C(=O)OCCCC)c1)C#Cc1cc(cc(C(=O)OCCCC)c1)C#C2. The minimum absolute atomic E-state index is 0.231. The molecule has 10 heteroatoms. The Balaban J connectivity index is 1.61. The number of unbranched alkanes of at least 4 members (excludes halogenated alkanes) is 5. The average molecular weight is 1000 g/mol. The summed E-state index contributed by atoms with van der Waals surface area (Å²) in [6.07, 6.45) is 7.61. The smallest absolute Gasteiger partial charge is 0.338 e. The van der Waals surface area contributed by atoms with E-state index in [0.29, 0.717) is 87.7 Å². The van der Waals surface area contributed by atoms with Crippen LogP contribution in [0.1, 0.15) is 206 Å². The molecule has 0 heterocycles. The van der Waals surface area contributed by atoms with Gasteiger partial charge in [-0.3, -0.25) is 0 Å². The highest BCUT2D eigenvalue weighted by Gasteiger charge is 2.15. The quantitative estimate of drug-likeness (QED) is 0.0315. The molecule has 10 nitrogen and oxygen atoms in total. The zero-order valence-corrected chi connectivity index (χ0v) is 43.3. The standard InChI is InChI=1S/C65H60O10/c1-6-11-26-71-61(66)56-36-46-16-18-48-32-50(40-57(38-48)62(67)72-27-12-7-2)20-22-52-34-54(44-59(42-52)64(69)74-29-14-9-4)24-25-55-35-53(43-60(45-55)65(70)75-30-15-10-5)23-21-51-33-49(19-17-47(31-46)37-56)39-58(41-51)63(68)73-28-13-8-3/h31-45H,6-15,26-30H2,1-5H3. The van der Waals surface area contributed by atoms with E-state index in [1.165, 1.54) is 0 Å². The first-order valence-corrected chi connectivity index (χ1v) is 25.7. The van der Waals surface area contributed by atoms with Crippen molar-refractivity contribution >= 4 is 29.8 Å². The Bertz CT molecular complexity index is 2620. The second-order valence-corrected chi connectivity index (χ2v) is 17.7. The molecule has 0 radical (unpaired) electrons. The molecule has 0 aromatic heterocycles. The van der Waals surface area contributed by atoms with Crippen molar-refractivity contribution < 1.29 is 47.7 Å². The van der Waals surface area contributed by atoms with Gasteiger partial charge in [0.1, 0.15) is 0 Å². The zero-order chi connectivity index (χ0) is 53.4. The van der Waals surface area contributed by atoms with Crippen LogP contribution in [0.15, 0.2) is 91.0 Å². The summed E-state index contributed by atoms with van der Waals surface area (Å²) in [5, 5.41) is 0. The molecule has 6 rings (SSSR count). The first kappa shape index (κ1) is 55.6. The number of rotatable bonds is 20. The molecule has 0 N–H and O–H groups in total. The summed E-state index contributed by atoms with van der Waals surface area (Å²) in [5.41, 5.74) is 5.51. The first-order valence-electron chi connectivity index (χ1n) is 25.7. The van der Waals surface area contributed by atoms with E-state index in [1.807, 2.05) is 34.6 Å². The molecule has 380 valence electrons. The molecular weight excluding hydrogens is 941 g/mol. The predicted molar refractivity (Wildman–Crippen MR) is 288 cm³/mol. The molecule has 5 aromatic carbocycles. The van der Waals surface area contributed by atoms with Gasteiger partial charge in [-0.05, 0) is 123 Å². The molecule has 0 unspecified atom stereocenters. The van der Waals surface area contributed by atoms with Crippen molar-refractivity contribution in [3.05, 3.63) is 174 Å². The predicted octanol–water partition coefficient (Wildman–Crippen LogP) is 11.8. The molecule has 0 amide bonds. The Morgan fingerprint density at radius 1 is 0.253 bits per heavy atom. The maximum absolute atomic E-state index is 13.5. The summed E-state index contributed by atoms with van der Waals surface area (Å²) < 4.78 is 28.0. The highest BCUT2D eigenvalue weighted by molar-refractivity contribution is 5.93. The fourth-order valence-corrected chi connectivity index (χ4v) is 7.13. The van der Waals surface area contributed by atoms with E-state index >= 15 is 0 Å². The van der Waals surface area contributed by atoms with Crippen LogP contribution in [0.4, 0.5) is 0 Å². The van der Waals surface area contributed by atoms with Crippen molar-refractivity contribution in [3.63, 3.8) is 0 Å². The van der Waals surface area contributed by atoms with Crippen LogP contribution in [-0.2, 0) is 23.7 Å². The number of benzene rings is 5. The third kappa shape index (κ3) is 17.8. The van der Waals surface area contributed by atoms with E-state index in [1.54, 1.807) is 91.0 Å². The molecule has 0 spiro atoms. The lowest BCUT2D eigenvalue weighted by molar-refractivity contribution is 0.0490. The Morgan fingerprint density at radius 3 is 0.507 bits per heavy atom. The second kappa shape index (κ2) is 29.1. The van der Waals surface area contributed by atoms with Crippen LogP contribution >= 0.6 is 0 Å². The van der Waals surface area contributed by atoms with Gasteiger partial charge in [-0.25, -0.2) is 24.0 Å². The molecule has 5 aromatic rings. The van der Waals surface area contributed by atoms with Crippen LogP contribution in [0.3, 0.4) is 0 Å². The minimum Gasteiger partial charge on any atom is -0.462 e. The fraction of sp³-hybridized carbons (Fsp3) is 0.308. The van der Waals surface area contributed by atoms with E-state index in [4.69, 9.17) is 23.7 Å². The highest BCUT2D eigenvalue weighted by Crippen LogP contribution is 2.19. The summed E-state index contributed by atoms with van der Waals surface area (Å²) in [7, 11) is 0. The largest absolute Gasteiger partial charge is 0.462 e. The van der Waals surface area contributed by atoms with Crippen molar-refractivity contribution in [3.8, 4) is 59.2 Å². The number of carbonyl (C=O) groups excluding carboxylic acids is 5. The van der Waals surface area contributed by atoms with Gasteiger partial charge >= 0.3 is 29.8 Å². The van der Waals surface area contributed by atoms with Crippen LogP contribution < -0.4 is 0 Å². The minimum atomic E-state index is -0.545. The van der Waals surface area contributed by atoms with Gasteiger partial charge in [0.15, 0.2) is 0 Å². The Kier molecular flexibility index (Phi) is 21.5. The number of hydrogen-bond donors (Lipinski definition) is 0. The first-order chi connectivity index (χ1) is 36.5. The molecule has 0 saturated heterocycles. The van der Waals surface area contributed by atoms with Gasteiger partial charge in [-0.15, -0.1) is 0 Å². The van der Waals surface area contributed by atoms with Crippen LogP contribution in [-0.4, -0.2) is 62.9 Å². The molecule has 1 aliphatic carbocycles. The molecule has 75 heavy (non-hydrogen) atoms. The van der Waals surface area contributed by atoms with Crippen LogP contribution in [0, 0.1) is 59.2 Å². The number of ether oxygens (including phenoxy) is 5. The van der Waals surface area contributed by atoms with E-state index < -0.39 is 29.8 Å². The lowest BCUT2D eigenvalue weighted by atomic mass is 10.0. The normalized spacial score (nSPS) is 10.7. The molecular formula is C65H60O10.